The first-order chi connectivity index (χ1) is 7.26. The van der Waals surface area contributed by atoms with Crippen LogP contribution in [-0.2, 0) is 6.42 Å². The zero-order valence-corrected chi connectivity index (χ0v) is 9.40. The fraction of sp³-hybridized carbons (Fsp3) is 0.636. The lowest BCUT2D eigenvalue weighted by molar-refractivity contribution is 0.244. The number of nitrogens with zero attached hydrogens (tertiary/aromatic N) is 2. The maximum absolute atomic E-state index is 8.88. The highest BCUT2D eigenvalue weighted by Crippen LogP contribution is 2.06. The van der Waals surface area contributed by atoms with Gasteiger partial charge in [0.25, 0.3) is 0 Å². The molecule has 0 bridgehead atoms. The SMILES string of the molecule is CCCc1cc(NCC(C)CO)ncn1. The van der Waals surface area contributed by atoms with Gasteiger partial charge in [0, 0.05) is 24.9 Å². The Morgan fingerprint density at radius 2 is 2.27 bits per heavy atom. The summed E-state index contributed by atoms with van der Waals surface area (Å²) in [5.41, 5.74) is 1.06. The fourth-order valence-corrected chi connectivity index (χ4v) is 1.23. The van der Waals surface area contributed by atoms with E-state index in [0.717, 1.165) is 30.9 Å². The molecule has 2 N–H and O–H groups in total. The lowest BCUT2D eigenvalue weighted by Gasteiger charge is -2.10. The monoisotopic (exact) mass is 209 g/mol. The van der Waals surface area contributed by atoms with Crippen molar-refractivity contribution in [3.8, 4) is 0 Å². The Kier molecular flexibility index (Phi) is 5.04. The van der Waals surface area contributed by atoms with Crippen LogP contribution in [0.3, 0.4) is 0 Å². The summed E-state index contributed by atoms with van der Waals surface area (Å²) >= 11 is 0. The number of rotatable bonds is 6. The van der Waals surface area contributed by atoms with Crippen molar-refractivity contribution in [2.24, 2.45) is 5.92 Å². The Morgan fingerprint density at radius 1 is 1.47 bits per heavy atom. The topological polar surface area (TPSA) is 58.0 Å². The van der Waals surface area contributed by atoms with Crippen LogP contribution in [0.4, 0.5) is 5.82 Å². The zero-order valence-electron chi connectivity index (χ0n) is 9.40. The number of aliphatic hydroxyl groups is 1. The van der Waals surface area contributed by atoms with E-state index in [9.17, 15) is 0 Å². The Morgan fingerprint density at radius 3 is 2.93 bits per heavy atom. The second-order valence-electron chi connectivity index (χ2n) is 3.81. The van der Waals surface area contributed by atoms with Crippen LogP contribution in [0.5, 0.6) is 0 Å². The Balaban J connectivity index is 2.50. The minimum absolute atomic E-state index is 0.194. The van der Waals surface area contributed by atoms with Crippen LogP contribution in [0.1, 0.15) is 26.0 Å². The Bertz CT molecular complexity index is 291. The molecule has 1 atom stereocenters. The van der Waals surface area contributed by atoms with E-state index in [2.05, 4.69) is 22.2 Å². The molecule has 0 aliphatic carbocycles. The third-order valence-corrected chi connectivity index (χ3v) is 2.17. The minimum Gasteiger partial charge on any atom is -0.396 e. The van der Waals surface area contributed by atoms with Crippen molar-refractivity contribution in [1.29, 1.82) is 0 Å². The molecule has 0 radical (unpaired) electrons. The first-order valence-electron chi connectivity index (χ1n) is 5.42. The summed E-state index contributed by atoms with van der Waals surface area (Å²) in [6.07, 6.45) is 3.65. The lowest BCUT2D eigenvalue weighted by atomic mass is 10.2. The molecule has 1 aromatic rings. The van der Waals surface area contributed by atoms with E-state index < -0.39 is 0 Å². The van der Waals surface area contributed by atoms with Gasteiger partial charge in [-0.3, -0.25) is 0 Å². The maximum atomic E-state index is 8.88. The molecule has 0 fully saturated rings. The van der Waals surface area contributed by atoms with Gasteiger partial charge in [0.1, 0.15) is 12.1 Å². The van der Waals surface area contributed by atoms with Crippen LogP contribution in [0, 0.1) is 5.92 Å². The fourth-order valence-electron chi connectivity index (χ4n) is 1.23. The number of anilines is 1. The summed E-state index contributed by atoms with van der Waals surface area (Å²) in [5, 5.41) is 12.1. The van der Waals surface area contributed by atoms with Crippen LogP contribution in [-0.4, -0.2) is 28.2 Å². The normalized spacial score (nSPS) is 12.5. The number of aliphatic hydroxyl groups excluding tert-OH is 1. The van der Waals surface area contributed by atoms with E-state index >= 15 is 0 Å². The van der Waals surface area contributed by atoms with Crippen LogP contribution in [0.15, 0.2) is 12.4 Å². The second-order valence-corrected chi connectivity index (χ2v) is 3.81. The molecule has 1 unspecified atom stereocenters. The van der Waals surface area contributed by atoms with Gasteiger partial charge in [-0.2, -0.15) is 0 Å². The lowest BCUT2D eigenvalue weighted by Crippen LogP contribution is -2.15. The van der Waals surface area contributed by atoms with Gasteiger partial charge in [-0.05, 0) is 12.3 Å². The van der Waals surface area contributed by atoms with E-state index in [1.807, 2.05) is 13.0 Å². The number of hydrogen-bond donors (Lipinski definition) is 2. The largest absolute Gasteiger partial charge is 0.396 e. The van der Waals surface area contributed by atoms with Crippen molar-refractivity contribution in [3.63, 3.8) is 0 Å². The molecule has 1 rings (SSSR count). The standard InChI is InChI=1S/C11H19N3O/c1-3-4-10-5-11(14-8-13-10)12-6-9(2)7-15/h5,8-9,15H,3-4,6-7H2,1-2H3,(H,12,13,14). The van der Waals surface area contributed by atoms with Crippen molar-refractivity contribution >= 4 is 5.82 Å². The van der Waals surface area contributed by atoms with Crippen molar-refractivity contribution in [2.45, 2.75) is 26.7 Å². The Labute approximate surface area is 90.8 Å². The molecule has 0 aliphatic rings. The molecule has 0 spiro atoms. The molecule has 0 aromatic carbocycles. The summed E-state index contributed by atoms with van der Waals surface area (Å²) in [6.45, 7) is 5.04. The predicted octanol–water partition coefficient (Wildman–Crippen LogP) is 1.47. The molecule has 4 heteroatoms. The van der Waals surface area contributed by atoms with Gasteiger partial charge < -0.3 is 10.4 Å². The highest BCUT2D eigenvalue weighted by Gasteiger charge is 2.01. The highest BCUT2D eigenvalue weighted by atomic mass is 16.3. The van der Waals surface area contributed by atoms with Crippen molar-refractivity contribution in [1.82, 2.24) is 9.97 Å². The Hall–Kier alpha value is -1.16. The number of nitrogens with one attached hydrogen (secondary N) is 1. The first kappa shape index (κ1) is 11.9. The van der Waals surface area contributed by atoms with Crippen LogP contribution in [0.25, 0.3) is 0 Å². The van der Waals surface area contributed by atoms with Gasteiger partial charge in [-0.25, -0.2) is 9.97 Å². The van der Waals surface area contributed by atoms with E-state index in [1.165, 1.54) is 0 Å². The van der Waals surface area contributed by atoms with E-state index in [4.69, 9.17) is 5.11 Å². The summed E-state index contributed by atoms with van der Waals surface area (Å²) < 4.78 is 0. The summed E-state index contributed by atoms with van der Waals surface area (Å²) in [5.74, 6) is 1.09. The third kappa shape index (κ3) is 4.25. The third-order valence-electron chi connectivity index (χ3n) is 2.17. The molecule has 1 aromatic heterocycles. The summed E-state index contributed by atoms with van der Waals surface area (Å²) in [7, 11) is 0. The van der Waals surface area contributed by atoms with Gasteiger partial charge in [0.05, 0.1) is 0 Å². The minimum atomic E-state index is 0.194. The van der Waals surface area contributed by atoms with Gasteiger partial charge in [-0.15, -0.1) is 0 Å². The van der Waals surface area contributed by atoms with Crippen molar-refractivity contribution < 1.29 is 5.11 Å². The average molecular weight is 209 g/mol. The van der Waals surface area contributed by atoms with Gasteiger partial charge >= 0.3 is 0 Å². The number of aryl methyl sites for hydroxylation is 1. The van der Waals surface area contributed by atoms with Gasteiger partial charge in [0.2, 0.25) is 0 Å². The molecule has 1 heterocycles. The molecule has 4 nitrogen and oxygen atoms in total. The highest BCUT2D eigenvalue weighted by molar-refractivity contribution is 5.34. The molecule has 0 aliphatic heterocycles. The molecule has 84 valence electrons. The quantitative estimate of drug-likeness (QED) is 0.745. The zero-order chi connectivity index (χ0) is 11.1. The maximum Gasteiger partial charge on any atom is 0.129 e. The molecular weight excluding hydrogens is 190 g/mol. The van der Waals surface area contributed by atoms with Crippen molar-refractivity contribution in [2.75, 3.05) is 18.5 Å². The van der Waals surface area contributed by atoms with E-state index in [-0.39, 0.29) is 12.5 Å². The first-order valence-corrected chi connectivity index (χ1v) is 5.42. The summed E-state index contributed by atoms with van der Waals surface area (Å²) in [4.78, 5) is 8.30. The molecule has 0 amide bonds. The van der Waals surface area contributed by atoms with Crippen molar-refractivity contribution in [3.05, 3.63) is 18.1 Å². The molecule has 15 heavy (non-hydrogen) atoms. The molecule has 0 saturated carbocycles. The number of hydrogen-bond acceptors (Lipinski definition) is 4. The van der Waals surface area contributed by atoms with E-state index in [0.29, 0.717) is 0 Å². The van der Waals surface area contributed by atoms with Crippen LogP contribution < -0.4 is 5.32 Å². The van der Waals surface area contributed by atoms with Gasteiger partial charge in [-0.1, -0.05) is 20.3 Å². The van der Waals surface area contributed by atoms with Crippen LogP contribution >= 0.6 is 0 Å². The smallest absolute Gasteiger partial charge is 0.129 e. The summed E-state index contributed by atoms with van der Waals surface area (Å²) in [6, 6.07) is 1.97. The molecule has 0 saturated heterocycles. The number of aromatic nitrogens is 2. The average Bonchev–Trinajstić information content (AvgIpc) is 2.27. The van der Waals surface area contributed by atoms with Gasteiger partial charge in [0.15, 0.2) is 0 Å². The predicted molar refractivity (Wildman–Crippen MR) is 60.8 cm³/mol. The van der Waals surface area contributed by atoms with E-state index in [1.54, 1.807) is 6.33 Å². The second kappa shape index (κ2) is 6.35. The molecular formula is C11H19N3O. The van der Waals surface area contributed by atoms with Crippen LogP contribution in [0.2, 0.25) is 0 Å².